The van der Waals surface area contributed by atoms with E-state index < -0.39 is 6.10 Å². The second-order valence-corrected chi connectivity index (χ2v) is 4.37. The summed E-state index contributed by atoms with van der Waals surface area (Å²) >= 11 is 0. The Labute approximate surface area is 103 Å². The van der Waals surface area contributed by atoms with Crippen LogP contribution in [0.2, 0.25) is 0 Å². The number of likely N-dealkylation sites (N-methyl/N-ethyl adjacent to an activating group) is 1. The normalized spacial score (nSPS) is 13.1. The molecule has 0 aliphatic rings. The highest BCUT2D eigenvalue weighted by Crippen LogP contribution is 2.27. The Bertz CT molecular complexity index is 350. The van der Waals surface area contributed by atoms with Crippen molar-refractivity contribution in [2.75, 3.05) is 13.6 Å². The quantitative estimate of drug-likeness (QED) is 0.800. The minimum absolute atomic E-state index is 0.202. The van der Waals surface area contributed by atoms with Gasteiger partial charge in [-0.15, -0.1) is 0 Å². The Morgan fingerprint density at radius 1 is 1.29 bits per heavy atom. The number of hydrogen-bond acceptors (Lipinski definition) is 2. The van der Waals surface area contributed by atoms with Crippen LogP contribution in [0.5, 0.6) is 0 Å². The van der Waals surface area contributed by atoms with Crippen molar-refractivity contribution in [1.29, 1.82) is 0 Å². The molecule has 1 aromatic carbocycles. The lowest BCUT2D eigenvalue weighted by Gasteiger charge is -2.16. The monoisotopic (exact) mass is 239 g/mol. The Morgan fingerprint density at radius 2 is 1.94 bits per heavy atom. The lowest BCUT2D eigenvalue weighted by atomic mass is 9.92. The van der Waals surface area contributed by atoms with Crippen molar-refractivity contribution in [2.24, 2.45) is 0 Å². The van der Waals surface area contributed by atoms with Crippen molar-refractivity contribution in [3.05, 3.63) is 35.1 Å². The molecule has 2 N–H and O–H groups in total. The number of rotatable bonds is 6. The number of hydrogen-bond donors (Lipinski definition) is 2. The fourth-order valence-electron chi connectivity index (χ4n) is 2.12. The van der Waals surface area contributed by atoms with E-state index in [0.717, 1.165) is 18.4 Å². The van der Waals surface area contributed by atoms with Crippen molar-refractivity contribution < 1.29 is 9.50 Å². The SMILES string of the molecule is CCC(CC)c1ccc(C(O)CNC)cc1F. The van der Waals surface area contributed by atoms with Crippen LogP contribution in [0, 0.1) is 5.82 Å². The fourth-order valence-corrected chi connectivity index (χ4v) is 2.12. The standard InChI is InChI=1S/C14H22FNO/c1-4-10(5-2)12-7-6-11(8-13(12)15)14(17)9-16-3/h6-8,10,14,16-17H,4-5,9H2,1-3H3. The highest BCUT2D eigenvalue weighted by Gasteiger charge is 2.14. The van der Waals surface area contributed by atoms with Crippen molar-refractivity contribution in [1.82, 2.24) is 5.32 Å². The second kappa shape index (κ2) is 6.72. The van der Waals surface area contributed by atoms with Crippen LogP contribution < -0.4 is 5.32 Å². The van der Waals surface area contributed by atoms with Crippen LogP contribution in [0.3, 0.4) is 0 Å². The molecule has 0 aliphatic heterocycles. The number of halogens is 1. The van der Waals surface area contributed by atoms with Crippen LogP contribution in [0.1, 0.15) is 49.8 Å². The molecule has 1 unspecified atom stereocenters. The molecule has 1 atom stereocenters. The summed E-state index contributed by atoms with van der Waals surface area (Å²) < 4.78 is 13.9. The van der Waals surface area contributed by atoms with Crippen LogP contribution in [0.4, 0.5) is 4.39 Å². The van der Waals surface area contributed by atoms with E-state index in [-0.39, 0.29) is 11.7 Å². The van der Waals surface area contributed by atoms with Gasteiger partial charge in [0.2, 0.25) is 0 Å². The minimum Gasteiger partial charge on any atom is -0.387 e. The molecule has 0 aromatic heterocycles. The molecule has 1 aromatic rings. The average molecular weight is 239 g/mol. The first-order valence-corrected chi connectivity index (χ1v) is 6.26. The molecule has 17 heavy (non-hydrogen) atoms. The van der Waals surface area contributed by atoms with Crippen LogP contribution in [0.25, 0.3) is 0 Å². The Morgan fingerprint density at radius 3 is 2.41 bits per heavy atom. The maximum Gasteiger partial charge on any atom is 0.127 e. The summed E-state index contributed by atoms with van der Waals surface area (Å²) in [7, 11) is 1.76. The maximum absolute atomic E-state index is 13.9. The maximum atomic E-state index is 13.9. The van der Waals surface area contributed by atoms with E-state index in [1.165, 1.54) is 6.07 Å². The lowest BCUT2D eigenvalue weighted by molar-refractivity contribution is 0.177. The molecule has 0 spiro atoms. The number of aliphatic hydroxyl groups is 1. The molecule has 0 radical (unpaired) electrons. The molecule has 0 heterocycles. The van der Waals surface area contributed by atoms with E-state index in [1.54, 1.807) is 13.1 Å². The molecule has 0 saturated heterocycles. The Kier molecular flexibility index (Phi) is 5.59. The fraction of sp³-hybridized carbons (Fsp3) is 0.571. The summed E-state index contributed by atoms with van der Waals surface area (Å²) in [5.41, 5.74) is 1.39. The third kappa shape index (κ3) is 3.51. The zero-order valence-electron chi connectivity index (χ0n) is 10.8. The summed E-state index contributed by atoms with van der Waals surface area (Å²) in [6.45, 7) is 4.57. The second-order valence-electron chi connectivity index (χ2n) is 4.37. The first-order valence-electron chi connectivity index (χ1n) is 6.26. The number of aliphatic hydroxyl groups excluding tert-OH is 1. The van der Waals surface area contributed by atoms with Gasteiger partial charge in [0.1, 0.15) is 5.82 Å². The van der Waals surface area contributed by atoms with Gasteiger partial charge in [-0.2, -0.15) is 0 Å². The highest BCUT2D eigenvalue weighted by atomic mass is 19.1. The van der Waals surface area contributed by atoms with Gasteiger partial charge in [0.05, 0.1) is 6.10 Å². The summed E-state index contributed by atoms with van der Waals surface area (Å²) in [6, 6.07) is 5.08. The van der Waals surface area contributed by atoms with Gasteiger partial charge in [0, 0.05) is 6.54 Å². The van der Waals surface area contributed by atoms with Crippen molar-refractivity contribution in [3.63, 3.8) is 0 Å². The average Bonchev–Trinajstić information content (AvgIpc) is 2.32. The van der Waals surface area contributed by atoms with Crippen LogP contribution in [-0.2, 0) is 0 Å². The van der Waals surface area contributed by atoms with Gasteiger partial charge in [0.15, 0.2) is 0 Å². The summed E-state index contributed by atoms with van der Waals surface area (Å²) in [6.07, 6.45) is 1.22. The zero-order chi connectivity index (χ0) is 12.8. The Balaban J connectivity index is 2.92. The van der Waals surface area contributed by atoms with Gasteiger partial charge in [-0.05, 0) is 43.0 Å². The van der Waals surface area contributed by atoms with Crippen LogP contribution in [0.15, 0.2) is 18.2 Å². The van der Waals surface area contributed by atoms with E-state index in [0.29, 0.717) is 12.1 Å². The number of benzene rings is 1. The summed E-state index contributed by atoms with van der Waals surface area (Å²) in [5, 5.41) is 12.6. The molecular formula is C14H22FNO. The first-order chi connectivity index (χ1) is 8.13. The third-order valence-corrected chi connectivity index (χ3v) is 3.23. The van der Waals surface area contributed by atoms with Crippen LogP contribution in [-0.4, -0.2) is 18.7 Å². The molecule has 0 aliphatic carbocycles. The van der Waals surface area contributed by atoms with Gasteiger partial charge in [-0.3, -0.25) is 0 Å². The van der Waals surface area contributed by atoms with Gasteiger partial charge in [0.25, 0.3) is 0 Å². The summed E-state index contributed by atoms with van der Waals surface area (Å²) in [4.78, 5) is 0. The lowest BCUT2D eigenvalue weighted by Crippen LogP contribution is -2.17. The molecule has 2 nitrogen and oxygen atoms in total. The molecular weight excluding hydrogens is 217 g/mol. The van der Waals surface area contributed by atoms with E-state index in [2.05, 4.69) is 19.2 Å². The van der Waals surface area contributed by atoms with Crippen LogP contribution >= 0.6 is 0 Å². The Hall–Kier alpha value is -0.930. The van der Waals surface area contributed by atoms with E-state index >= 15 is 0 Å². The first kappa shape index (κ1) is 14.1. The topological polar surface area (TPSA) is 32.3 Å². The number of nitrogens with one attached hydrogen (secondary N) is 1. The van der Waals surface area contributed by atoms with Gasteiger partial charge in [-0.25, -0.2) is 4.39 Å². The molecule has 0 bridgehead atoms. The smallest absolute Gasteiger partial charge is 0.127 e. The molecule has 0 saturated carbocycles. The molecule has 96 valence electrons. The predicted octanol–water partition coefficient (Wildman–Crippen LogP) is 2.98. The molecule has 0 fully saturated rings. The van der Waals surface area contributed by atoms with Gasteiger partial charge in [-0.1, -0.05) is 26.0 Å². The van der Waals surface area contributed by atoms with Crippen molar-refractivity contribution in [2.45, 2.75) is 38.7 Å². The molecule has 3 heteroatoms. The highest BCUT2D eigenvalue weighted by molar-refractivity contribution is 5.28. The third-order valence-electron chi connectivity index (χ3n) is 3.23. The summed E-state index contributed by atoms with van der Waals surface area (Å²) in [5.74, 6) is 0.0665. The van der Waals surface area contributed by atoms with Gasteiger partial charge >= 0.3 is 0 Å². The van der Waals surface area contributed by atoms with Gasteiger partial charge < -0.3 is 10.4 Å². The van der Waals surface area contributed by atoms with E-state index in [9.17, 15) is 9.50 Å². The van der Waals surface area contributed by atoms with E-state index in [4.69, 9.17) is 0 Å². The minimum atomic E-state index is -0.648. The largest absolute Gasteiger partial charge is 0.387 e. The van der Waals surface area contributed by atoms with Crippen molar-refractivity contribution in [3.8, 4) is 0 Å². The zero-order valence-corrected chi connectivity index (χ0v) is 10.8. The molecule has 0 amide bonds. The molecule has 1 rings (SSSR count). The van der Waals surface area contributed by atoms with E-state index in [1.807, 2.05) is 6.07 Å². The van der Waals surface area contributed by atoms with Crippen molar-refractivity contribution >= 4 is 0 Å². The predicted molar refractivity (Wildman–Crippen MR) is 68.6 cm³/mol.